The van der Waals surface area contributed by atoms with Gasteiger partial charge >= 0.3 is 0 Å². The van der Waals surface area contributed by atoms with Crippen LogP contribution in [0.2, 0.25) is 0 Å². The molecule has 2 aromatic rings. The van der Waals surface area contributed by atoms with Crippen molar-refractivity contribution in [1.29, 1.82) is 0 Å². The third-order valence-corrected chi connectivity index (χ3v) is 5.48. The molecule has 0 aliphatic carbocycles. The largest absolute Gasteiger partial charge is 0.337 e. The highest BCUT2D eigenvalue weighted by Gasteiger charge is 2.21. The molecule has 1 fully saturated rings. The number of hydrogen-bond donors (Lipinski definition) is 2. The van der Waals surface area contributed by atoms with Crippen molar-refractivity contribution in [2.45, 2.75) is 33.1 Å². The van der Waals surface area contributed by atoms with Crippen LogP contribution in [0.15, 0.2) is 48.5 Å². The molecule has 0 spiro atoms. The van der Waals surface area contributed by atoms with Crippen LogP contribution in [0.5, 0.6) is 0 Å². The molecule has 1 aliphatic heterocycles. The van der Waals surface area contributed by atoms with Crippen molar-refractivity contribution < 1.29 is 14.4 Å². The van der Waals surface area contributed by atoms with Gasteiger partial charge in [0.2, 0.25) is 11.8 Å². The summed E-state index contributed by atoms with van der Waals surface area (Å²) < 4.78 is 0. The summed E-state index contributed by atoms with van der Waals surface area (Å²) >= 11 is 0. The highest BCUT2D eigenvalue weighted by atomic mass is 16.2. The van der Waals surface area contributed by atoms with Gasteiger partial charge in [-0.05, 0) is 56.1 Å². The molecule has 2 N–H and O–H groups in total. The topological polar surface area (TPSA) is 81.8 Å². The predicted octanol–water partition coefficient (Wildman–Crippen LogP) is 3.38. The molecule has 0 unspecified atom stereocenters. The van der Waals surface area contributed by atoms with Gasteiger partial charge in [-0.25, -0.2) is 0 Å². The second-order valence-electron chi connectivity index (χ2n) is 8.24. The normalized spacial score (nSPS) is 14.5. The van der Waals surface area contributed by atoms with E-state index in [4.69, 9.17) is 0 Å². The minimum Gasteiger partial charge on any atom is -0.337 e. The maximum Gasteiger partial charge on any atom is 0.254 e. The lowest BCUT2D eigenvalue weighted by Crippen LogP contribution is -2.35. The fraction of sp³-hybridized carbons (Fsp3) is 0.400. The molecule has 170 valence electrons. The van der Waals surface area contributed by atoms with Crippen LogP contribution in [0.4, 0.5) is 11.4 Å². The number of aryl methyl sites for hydroxylation is 1. The van der Waals surface area contributed by atoms with Crippen molar-refractivity contribution >= 4 is 29.1 Å². The summed E-state index contributed by atoms with van der Waals surface area (Å²) in [6.45, 7) is 6.99. The second kappa shape index (κ2) is 11.4. The first-order valence-electron chi connectivity index (χ1n) is 11.2. The number of nitrogens with one attached hydrogen (secondary N) is 2. The molecule has 1 heterocycles. The van der Waals surface area contributed by atoms with Crippen LogP contribution in [-0.2, 0) is 16.0 Å². The van der Waals surface area contributed by atoms with E-state index < -0.39 is 0 Å². The van der Waals surface area contributed by atoms with Gasteiger partial charge in [-0.2, -0.15) is 0 Å². The van der Waals surface area contributed by atoms with Crippen molar-refractivity contribution in [2.75, 3.05) is 43.4 Å². The number of carbonyl (C=O) groups excluding carboxylic acids is 3. The Balaban J connectivity index is 1.60. The van der Waals surface area contributed by atoms with Gasteiger partial charge in [0.05, 0.1) is 0 Å². The Bertz CT molecular complexity index is 911. The van der Waals surface area contributed by atoms with E-state index in [0.29, 0.717) is 30.0 Å². The molecule has 0 radical (unpaired) electrons. The van der Waals surface area contributed by atoms with E-state index in [-0.39, 0.29) is 17.7 Å². The third kappa shape index (κ3) is 7.20. The van der Waals surface area contributed by atoms with Crippen LogP contribution in [0, 0.1) is 0 Å². The summed E-state index contributed by atoms with van der Waals surface area (Å²) in [7, 11) is 0. The Morgan fingerprint density at radius 1 is 0.844 bits per heavy atom. The quantitative estimate of drug-likeness (QED) is 0.697. The highest BCUT2D eigenvalue weighted by molar-refractivity contribution is 6.00. The van der Waals surface area contributed by atoms with E-state index in [1.54, 1.807) is 18.2 Å². The summed E-state index contributed by atoms with van der Waals surface area (Å²) in [4.78, 5) is 40.5. The maximum absolute atomic E-state index is 13.2. The van der Waals surface area contributed by atoms with Crippen LogP contribution in [-0.4, -0.2) is 60.2 Å². The van der Waals surface area contributed by atoms with Crippen LogP contribution in [0.25, 0.3) is 0 Å². The Hall–Kier alpha value is -3.19. The molecule has 1 aliphatic rings. The van der Waals surface area contributed by atoms with Crippen molar-refractivity contribution in [3.8, 4) is 0 Å². The van der Waals surface area contributed by atoms with E-state index in [1.165, 1.54) is 19.4 Å². The summed E-state index contributed by atoms with van der Waals surface area (Å²) in [6.07, 6.45) is 3.07. The zero-order valence-electron chi connectivity index (χ0n) is 18.9. The number of benzene rings is 2. The molecule has 3 amide bonds. The number of carbonyl (C=O) groups is 3. The zero-order valence-corrected chi connectivity index (χ0v) is 18.9. The SMILES string of the molecule is CC(=O)Nc1cc(NC(C)=O)cc(C(=O)N2CCCN(CCCc3ccccc3)CC2)c1. The van der Waals surface area contributed by atoms with Gasteiger partial charge in [0.25, 0.3) is 5.91 Å². The number of rotatable bonds is 7. The summed E-state index contributed by atoms with van der Waals surface area (Å²) in [5.74, 6) is -0.552. The Labute approximate surface area is 189 Å². The Morgan fingerprint density at radius 2 is 1.50 bits per heavy atom. The number of nitrogens with zero attached hydrogens (tertiary/aromatic N) is 2. The van der Waals surface area contributed by atoms with Gasteiger partial charge < -0.3 is 20.4 Å². The average molecular weight is 437 g/mol. The van der Waals surface area contributed by atoms with E-state index >= 15 is 0 Å². The van der Waals surface area contributed by atoms with Crippen LogP contribution < -0.4 is 10.6 Å². The molecule has 7 heteroatoms. The molecular formula is C25H32N4O3. The molecule has 7 nitrogen and oxygen atoms in total. The molecular weight excluding hydrogens is 404 g/mol. The van der Waals surface area contributed by atoms with Crippen LogP contribution in [0.3, 0.4) is 0 Å². The Morgan fingerprint density at radius 3 is 2.12 bits per heavy atom. The van der Waals surface area contributed by atoms with Crippen molar-refractivity contribution in [1.82, 2.24) is 9.80 Å². The lowest BCUT2D eigenvalue weighted by atomic mass is 10.1. The molecule has 0 saturated carbocycles. The zero-order chi connectivity index (χ0) is 22.9. The lowest BCUT2D eigenvalue weighted by Gasteiger charge is -2.22. The number of anilines is 2. The maximum atomic E-state index is 13.2. The van der Waals surface area contributed by atoms with Gasteiger partial charge in [-0.1, -0.05) is 30.3 Å². The fourth-order valence-electron chi connectivity index (χ4n) is 4.03. The highest BCUT2D eigenvalue weighted by Crippen LogP contribution is 2.21. The van der Waals surface area contributed by atoms with E-state index in [2.05, 4.69) is 39.8 Å². The first-order chi connectivity index (χ1) is 15.4. The minimum absolute atomic E-state index is 0.0880. The standard InChI is InChI=1S/C25H32N4O3/c1-19(30)26-23-16-22(17-24(18-23)27-20(2)31)25(32)29-13-7-12-28(14-15-29)11-6-10-21-8-4-3-5-9-21/h3-5,8-9,16-18H,6-7,10-15H2,1-2H3,(H,26,30)(H,27,31). The average Bonchev–Trinajstić information content (AvgIpc) is 2.98. The first kappa shape index (κ1) is 23.5. The summed E-state index contributed by atoms with van der Waals surface area (Å²) in [5.41, 5.74) is 2.79. The van der Waals surface area contributed by atoms with E-state index in [1.807, 2.05) is 11.0 Å². The van der Waals surface area contributed by atoms with Crippen LogP contribution >= 0.6 is 0 Å². The fourth-order valence-corrected chi connectivity index (χ4v) is 4.03. The van der Waals surface area contributed by atoms with Crippen molar-refractivity contribution in [3.05, 3.63) is 59.7 Å². The molecule has 0 bridgehead atoms. The van der Waals surface area contributed by atoms with Crippen molar-refractivity contribution in [2.24, 2.45) is 0 Å². The van der Waals surface area contributed by atoms with Gasteiger partial charge in [0, 0.05) is 50.4 Å². The first-order valence-corrected chi connectivity index (χ1v) is 11.2. The van der Waals surface area contributed by atoms with Crippen LogP contribution in [0.1, 0.15) is 42.6 Å². The van der Waals surface area contributed by atoms with Gasteiger partial charge in [0.1, 0.15) is 0 Å². The molecule has 32 heavy (non-hydrogen) atoms. The molecule has 0 atom stereocenters. The molecule has 0 aromatic heterocycles. The molecule has 2 aromatic carbocycles. The monoisotopic (exact) mass is 436 g/mol. The minimum atomic E-state index is -0.232. The predicted molar refractivity (Wildman–Crippen MR) is 127 cm³/mol. The Kier molecular flexibility index (Phi) is 8.39. The van der Waals surface area contributed by atoms with Gasteiger partial charge in [0.15, 0.2) is 0 Å². The second-order valence-corrected chi connectivity index (χ2v) is 8.24. The number of amides is 3. The van der Waals surface area contributed by atoms with Gasteiger partial charge in [-0.15, -0.1) is 0 Å². The lowest BCUT2D eigenvalue weighted by molar-refractivity contribution is -0.115. The summed E-state index contributed by atoms with van der Waals surface area (Å²) in [6, 6.07) is 15.5. The molecule has 1 saturated heterocycles. The van der Waals surface area contributed by atoms with Gasteiger partial charge in [-0.3, -0.25) is 14.4 Å². The smallest absolute Gasteiger partial charge is 0.254 e. The summed E-state index contributed by atoms with van der Waals surface area (Å²) in [5, 5.41) is 5.41. The van der Waals surface area contributed by atoms with Crippen molar-refractivity contribution in [3.63, 3.8) is 0 Å². The van der Waals surface area contributed by atoms with E-state index in [9.17, 15) is 14.4 Å². The van der Waals surface area contributed by atoms with E-state index in [0.717, 1.165) is 38.9 Å². The third-order valence-electron chi connectivity index (χ3n) is 5.48. The number of hydrogen-bond acceptors (Lipinski definition) is 4. The molecule has 3 rings (SSSR count).